The van der Waals surface area contributed by atoms with E-state index >= 15 is 0 Å². The molecule has 3 nitrogen and oxygen atoms in total. The van der Waals surface area contributed by atoms with Crippen LogP contribution in [-0.2, 0) is 29.2 Å². The number of hydrogen-bond acceptors (Lipinski definition) is 3. The smallest absolute Gasteiger partial charge is 0.252 e. The molecule has 0 fully saturated rings. The van der Waals surface area contributed by atoms with E-state index in [1.165, 1.54) is 29.5 Å². The third kappa shape index (κ3) is 4.54. The molecule has 0 N–H and O–H groups in total. The average Bonchev–Trinajstić information content (AvgIpc) is 3.16. The van der Waals surface area contributed by atoms with Gasteiger partial charge < -0.3 is 0 Å². The highest BCUT2D eigenvalue weighted by atomic mass is 32.2. The van der Waals surface area contributed by atoms with Crippen molar-refractivity contribution in [2.24, 2.45) is 0 Å². The van der Waals surface area contributed by atoms with E-state index in [1.54, 1.807) is 12.1 Å². The lowest BCUT2D eigenvalue weighted by Crippen LogP contribution is -2.30. The molecule has 0 radical (unpaired) electrons. The van der Waals surface area contributed by atoms with Crippen molar-refractivity contribution < 1.29 is 26.0 Å². The number of benzene rings is 3. The molecule has 0 aliphatic heterocycles. The summed E-state index contributed by atoms with van der Waals surface area (Å²) < 4.78 is 83.4. The highest BCUT2D eigenvalue weighted by Gasteiger charge is 2.35. The quantitative estimate of drug-likeness (QED) is 0.256. The van der Waals surface area contributed by atoms with Gasteiger partial charge in [-0.05, 0) is 60.2 Å². The number of hydrogen-bond donors (Lipinski definition) is 0. The third-order valence-electron chi connectivity index (χ3n) is 5.53. The van der Waals surface area contributed by atoms with Gasteiger partial charge in [0.2, 0.25) is 0 Å². The van der Waals surface area contributed by atoms with Crippen LogP contribution < -0.4 is 4.31 Å². The Morgan fingerprint density at radius 3 is 2.29 bits per heavy atom. The molecule has 0 aliphatic carbocycles. The molecule has 0 bridgehead atoms. The van der Waals surface area contributed by atoms with Crippen molar-refractivity contribution in [3.8, 4) is 0 Å². The summed E-state index contributed by atoms with van der Waals surface area (Å²) in [6.07, 6.45) is -4.37. The van der Waals surface area contributed by atoms with Crippen LogP contribution in [0.3, 0.4) is 0 Å². The lowest BCUT2D eigenvalue weighted by Gasteiger charge is -2.25. The van der Waals surface area contributed by atoms with Gasteiger partial charge >= 0.3 is 6.18 Å². The fourth-order valence-corrected chi connectivity index (χ4v) is 6.77. The number of aryl methyl sites for hydroxylation is 2. The van der Waals surface area contributed by atoms with E-state index in [4.69, 9.17) is 0 Å². The summed E-state index contributed by atoms with van der Waals surface area (Å²) in [5.74, 6) is -1.40. The fourth-order valence-electron chi connectivity index (χ4n) is 3.79. The molecule has 0 spiro atoms. The molecule has 178 valence electrons. The molecule has 4 rings (SSSR count). The maximum atomic E-state index is 13.9. The minimum atomic E-state index is -4.90. The van der Waals surface area contributed by atoms with E-state index < -0.39 is 27.6 Å². The van der Waals surface area contributed by atoms with E-state index in [1.807, 2.05) is 38.1 Å². The third-order valence-corrected chi connectivity index (χ3v) is 8.64. The lowest BCUT2D eigenvalue weighted by molar-refractivity contribution is -0.140. The minimum Gasteiger partial charge on any atom is -0.252 e. The number of rotatable bonds is 6. The summed E-state index contributed by atoms with van der Waals surface area (Å²) in [4.78, 5) is 0.0239. The number of anilines is 1. The predicted octanol–water partition coefficient (Wildman–Crippen LogP) is 7.33. The summed E-state index contributed by atoms with van der Waals surface area (Å²) in [6.45, 7) is 3.35. The molecule has 0 atom stereocenters. The van der Waals surface area contributed by atoms with Gasteiger partial charge in [0, 0.05) is 4.70 Å². The number of sulfonamides is 1. The summed E-state index contributed by atoms with van der Waals surface area (Å²) in [6, 6.07) is 16.3. The van der Waals surface area contributed by atoms with Crippen LogP contribution in [0.2, 0.25) is 0 Å². The van der Waals surface area contributed by atoms with Gasteiger partial charge in [0.15, 0.2) is 0 Å². The van der Waals surface area contributed by atoms with Crippen molar-refractivity contribution in [2.45, 2.75) is 37.9 Å². The Labute approximate surface area is 199 Å². The first-order valence-corrected chi connectivity index (χ1v) is 12.7. The predicted molar refractivity (Wildman–Crippen MR) is 127 cm³/mol. The second-order valence-electron chi connectivity index (χ2n) is 7.87. The fraction of sp³-hybridized carbons (Fsp3) is 0.200. The van der Waals surface area contributed by atoms with Gasteiger partial charge in [-0.1, -0.05) is 48.9 Å². The van der Waals surface area contributed by atoms with Crippen LogP contribution in [0.1, 0.15) is 29.2 Å². The van der Waals surface area contributed by atoms with Crippen molar-refractivity contribution in [2.75, 3.05) is 4.31 Å². The van der Waals surface area contributed by atoms with Crippen LogP contribution in [0, 0.1) is 12.7 Å². The van der Waals surface area contributed by atoms with Gasteiger partial charge in [-0.3, -0.25) is 4.31 Å². The molecule has 0 saturated heterocycles. The Kier molecular flexibility index (Phi) is 6.44. The first-order chi connectivity index (χ1) is 16.0. The first kappa shape index (κ1) is 24.2. The van der Waals surface area contributed by atoms with Gasteiger partial charge in [-0.15, -0.1) is 11.3 Å². The normalized spacial score (nSPS) is 12.3. The Morgan fingerprint density at radius 2 is 1.65 bits per heavy atom. The van der Waals surface area contributed by atoms with Gasteiger partial charge in [-0.25, -0.2) is 12.8 Å². The topological polar surface area (TPSA) is 37.4 Å². The van der Waals surface area contributed by atoms with Gasteiger partial charge in [0.25, 0.3) is 10.0 Å². The molecular weight excluding hydrogens is 486 g/mol. The lowest BCUT2D eigenvalue weighted by atomic mass is 10.1. The van der Waals surface area contributed by atoms with Crippen LogP contribution in [0.4, 0.5) is 22.6 Å². The Hall–Kier alpha value is -2.91. The van der Waals surface area contributed by atoms with Crippen LogP contribution >= 0.6 is 11.3 Å². The van der Waals surface area contributed by atoms with Gasteiger partial charge in [-0.2, -0.15) is 13.2 Å². The molecule has 1 heterocycles. The highest BCUT2D eigenvalue weighted by Crippen LogP contribution is 2.42. The maximum Gasteiger partial charge on any atom is 0.419 e. The van der Waals surface area contributed by atoms with Crippen molar-refractivity contribution in [1.29, 1.82) is 0 Å². The van der Waals surface area contributed by atoms with Crippen LogP contribution in [0.15, 0.2) is 71.6 Å². The molecule has 9 heteroatoms. The van der Waals surface area contributed by atoms with E-state index in [9.17, 15) is 26.0 Å². The van der Waals surface area contributed by atoms with Crippen molar-refractivity contribution in [3.05, 3.63) is 94.8 Å². The zero-order chi connectivity index (χ0) is 24.7. The molecular formula is C25H21F4NO2S2. The average molecular weight is 508 g/mol. The monoisotopic (exact) mass is 507 g/mol. The number of thiophene rings is 1. The molecule has 0 saturated carbocycles. The van der Waals surface area contributed by atoms with E-state index in [-0.39, 0.29) is 17.0 Å². The van der Waals surface area contributed by atoms with Crippen LogP contribution in [0.25, 0.3) is 10.1 Å². The number of nitrogens with zero attached hydrogens (tertiary/aromatic N) is 1. The van der Waals surface area contributed by atoms with Crippen molar-refractivity contribution >= 4 is 36.4 Å². The summed E-state index contributed by atoms with van der Waals surface area (Å²) in [5.41, 5.74) is 0.262. The Balaban J connectivity index is 1.91. The van der Waals surface area contributed by atoms with E-state index in [0.717, 1.165) is 31.6 Å². The molecule has 4 aromatic rings. The second kappa shape index (κ2) is 9.03. The molecule has 3 aromatic carbocycles. The number of halogens is 4. The molecule has 34 heavy (non-hydrogen) atoms. The summed E-state index contributed by atoms with van der Waals surface area (Å²) >= 11 is 1.26. The zero-order valence-corrected chi connectivity index (χ0v) is 20.0. The highest BCUT2D eigenvalue weighted by molar-refractivity contribution is 7.93. The minimum absolute atomic E-state index is 0.0239. The Morgan fingerprint density at radius 1 is 0.971 bits per heavy atom. The second-order valence-corrected chi connectivity index (χ2v) is 10.8. The molecule has 1 aromatic heterocycles. The number of fused-ring (bicyclic) bond motifs is 1. The molecule has 0 amide bonds. The molecule has 0 aliphatic rings. The van der Waals surface area contributed by atoms with Crippen LogP contribution in [0.5, 0.6) is 0 Å². The van der Waals surface area contributed by atoms with E-state index in [0.29, 0.717) is 17.5 Å². The zero-order valence-electron chi connectivity index (χ0n) is 18.4. The SMILES string of the molecule is CCc1c(N(Cc2ccc(F)c(C(F)(F)F)c2)S(=O)(=O)c2ccc(C)cc2)sc2ccccc12. The molecule has 0 unspecified atom stereocenters. The number of alkyl halides is 3. The van der Waals surface area contributed by atoms with Gasteiger partial charge in [0.05, 0.1) is 17.0 Å². The van der Waals surface area contributed by atoms with E-state index in [2.05, 4.69) is 0 Å². The first-order valence-electron chi connectivity index (χ1n) is 10.5. The van der Waals surface area contributed by atoms with Crippen molar-refractivity contribution in [1.82, 2.24) is 0 Å². The largest absolute Gasteiger partial charge is 0.419 e. The summed E-state index contributed by atoms with van der Waals surface area (Å²) in [5, 5.41) is 1.33. The summed E-state index contributed by atoms with van der Waals surface area (Å²) in [7, 11) is -4.14. The Bertz CT molecular complexity index is 1440. The maximum absolute atomic E-state index is 13.9. The standard InChI is InChI=1S/C25H21F4NO2S2/c1-3-19-20-6-4-5-7-23(20)33-24(19)30(34(31,32)18-11-8-16(2)9-12-18)15-17-10-13-22(26)21(14-17)25(27,28)29/h4-14H,3,15H2,1-2H3. The van der Waals surface area contributed by atoms with Crippen LogP contribution in [-0.4, -0.2) is 8.42 Å². The van der Waals surface area contributed by atoms with Crippen molar-refractivity contribution in [3.63, 3.8) is 0 Å². The van der Waals surface area contributed by atoms with Gasteiger partial charge in [0.1, 0.15) is 10.8 Å².